The van der Waals surface area contributed by atoms with E-state index >= 15 is 0 Å². The fraction of sp³-hybridized carbons (Fsp3) is 0. The first kappa shape index (κ1) is 13.0. The summed E-state index contributed by atoms with van der Waals surface area (Å²) in [6, 6.07) is 12.5. The van der Waals surface area contributed by atoms with Crippen LogP contribution in [0.5, 0.6) is 0 Å². The van der Waals surface area contributed by atoms with Gasteiger partial charge >= 0.3 is 51.4 Å². The van der Waals surface area contributed by atoms with Gasteiger partial charge in [0.2, 0.25) is 0 Å². The molecule has 0 saturated heterocycles. The first-order valence-corrected chi connectivity index (χ1v) is 2.40. The summed E-state index contributed by atoms with van der Waals surface area (Å²) in [6.45, 7) is -0.250. The van der Waals surface area contributed by atoms with E-state index in [2.05, 4.69) is 6.07 Å². The number of rotatable bonds is 0. The van der Waals surface area contributed by atoms with Crippen molar-refractivity contribution in [1.29, 1.82) is 0 Å². The van der Waals surface area contributed by atoms with Gasteiger partial charge in [-0.15, -0.1) is 0 Å². The van der Waals surface area contributed by atoms with Crippen molar-refractivity contribution < 1.29 is 61.3 Å². The molecule has 1 aromatic carbocycles. The maximum Gasteiger partial charge on any atom is 1.00 e. The van der Waals surface area contributed by atoms with Crippen LogP contribution >= 0.6 is 0 Å². The zero-order valence-corrected chi connectivity index (χ0v) is 8.94. The quantitative estimate of drug-likeness (QED) is 0.277. The molecule has 0 bridgehead atoms. The minimum atomic E-state index is -0.250. The second-order valence-corrected chi connectivity index (χ2v) is 1.18. The molecule has 10 heavy (non-hydrogen) atoms. The molecule has 1 N–H and O–H groups in total. The minimum Gasteiger partial charge on any atom is -0.483 e. The van der Waals surface area contributed by atoms with Gasteiger partial charge in [0.05, 0.1) is 0 Å². The van der Waals surface area contributed by atoms with Crippen LogP contribution in [0, 0.1) is 6.07 Å². The third-order valence-corrected chi connectivity index (χ3v) is 0.607. The summed E-state index contributed by atoms with van der Waals surface area (Å²) in [5, 5.41) is 6.89. The maximum atomic E-state index is 8.36. The van der Waals surface area contributed by atoms with E-state index in [1.54, 1.807) is 0 Å². The van der Waals surface area contributed by atoms with Crippen LogP contribution in [0.4, 0.5) is 0 Å². The van der Waals surface area contributed by atoms with E-state index in [4.69, 9.17) is 9.90 Å². The second-order valence-electron chi connectivity index (χ2n) is 1.18. The number of hydrogen-bond donors (Lipinski definition) is 1. The summed E-state index contributed by atoms with van der Waals surface area (Å²) in [5.74, 6) is 0. The van der Waals surface area contributed by atoms with Crippen molar-refractivity contribution in [2.24, 2.45) is 0 Å². The first-order valence-electron chi connectivity index (χ1n) is 2.40. The molecule has 0 unspecified atom stereocenters. The Morgan fingerprint density at radius 1 is 1.20 bits per heavy atom. The Hall–Kier alpha value is 0.326. The Morgan fingerprint density at radius 3 is 1.70 bits per heavy atom. The summed E-state index contributed by atoms with van der Waals surface area (Å²) in [7, 11) is 0. The van der Waals surface area contributed by atoms with Crippen molar-refractivity contribution in [2.45, 2.75) is 0 Å². The molecule has 0 aliphatic carbocycles. The van der Waals surface area contributed by atoms with Gasteiger partial charge in [0, 0.05) is 0 Å². The topological polar surface area (TPSA) is 37.3 Å². The van der Waals surface area contributed by atoms with Gasteiger partial charge in [-0.1, -0.05) is 0 Å². The molecular weight excluding hydrogens is 155 g/mol. The van der Waals surface area contributed by atoms with Crippen molar-refractivity contribution >= 4 is 6.47 Å². The molecule has 2 nitrogen and oxygen atoms in total. The molecule has 0 fully saturated rings. The Labute approximate surface area is 103 Å². The maximum absolute atomic E-state index is 8.36. The third kappa shape index (κ3) is 11.2. The third-order valence-electron chi connectivity index (χ3n) is 0.607. The Morgan fingerprint density at radius 2 is 1.60 bits per heavy atom. The fourth-order valence-electron chi connectivity index (χ4n) is 0.342. The molecule has 0 radical (unpaired) electrons. The molecular formula is C7H7KO2. The summed E-state index contributed by atoms with van der Waals surface area (Å²) < 4.78 is 0. The molecule has 0 aliphatic heterocycles. The van der Waals surface area contributed by atoms with E-state index in [0.717, 1.165) is 0 Å². The molecule has 0 aromatic heterocycles. The average molecular weight is 162 g/mol. The van der Waals surface area contributed by atoms with Gasteiger partial charge in [-0.2, -0.15) is 36.4 Å². The van der Waals surface area contributed by atoms with Gasteiger partial charge in [0.25, 0.3) is 6.47 Å². The minimum absolute atomic E-state index is 0. The smallest absolute Gasteiger partial charge is 0.483 e. The van der Waals surface area contributed by atoms with Crippen LogP contribution in [0.2, 0.25) is 0 Å². The van der Waals surface area contributed by atoms with Crippen LogP contribution in [0.3, 0.4) is 0 Å². The van der Waals surface area contributed by atoms with Crippen LogP contribution in [0.15, 0.2) is 30.3 Å². The van der Waals surface area contributed by atoms with Gasteiger partial charge in [0.1, 0.15) is 0 Å². The van der Waals surface area contributed by atoms with Crippen molar-refractivity contribution in [3.8, 4) is 0 Å². The largest absolute Gasteiger partial charge is 1.00 e. The predicted octanol–water partition coefficient (Wildman–Crippen LogP) is -1.81. The normalized spacial score (nSPS) is 6.00. The van der Waals surface area contributed by atoms with E-state index in [0.29, 0.717) is 0 Å². The molecule has 1 aromatic rings. The van der Waals surface area contributed by atoms with E-state index in [-0.39, 0.29) is 57.9 Å². The molecule has 0 aliphatic rings. The molecule has 48 valence electrons. The van der Waals surface area contributed by atoms with Crippen LogP contribution in [-0.4, -0.2) is 11.6 Å². The first-order chi connectivity index (χ1) is 4.41. The number of benzene rings is 1. The molecule has 0 atom stereocenters. The van der Waals surface area contributed by atoms with Gasteiger partial charge in [-0.25, -0.2) is 0 Å². The summed E-state index contributed by atoms with van der Waals surface area (Å²) >= 11 is 0. The van der Waals surface area contributed by atoms with Crippen molar-refractivity contribution in [3.05, 3.63) is 36.4 Å². The zero-order valence-electron chi connectivity index (χ0n) is 5.82. The van der Waals surface area contributed by atoms with Crippen LogP contribution in [-0.2, 0) is 4.79 Å². The molecule has 0 spiro atoms. The molecule has 0 saturated carbocycles. The van der Waals surface area contributed by atoms with Crippen LogP contribution < -0.4 is 51.4 Å². The summed E-state index contributed by atoms with van der Waals surface area (Å²) in [4.78, 5) is 8.36. The molecule has 0 amide bonds. The van der Waals surface area contributed by atoms with Crippen molar-refractivity contribution in [1.82, 2.24) is 0 Å². The molecule has 0 heterocycles. The number of carbonyl (C=O) groups is 1. The Balaban J connectivity index is 0. The van der Waals surface area contributed by atoms with Gasteiger partial charge in [-0.05, 0) is 0 Å². The van der Waals surface area contributed by atoms with E-state index in [1.807, 2.05) is 30.3 Å². The zero-order chi connectivity index (χ0) is 6.95. The molecule has 3 heteroatoms. The Bertz CT molecular complexity index is 115. The predicted molar refractivity (Wildman–Crippen MR) is 34.0 cm³/mol. The van der Waals surface area contributed by atoms with E-state index in [1.165, 1.54) is 0 Å². The van der Waals surface area contributed by atoms with Gasteiger partial charge < -0.3 is 5.11 Å². The standard InChI is InChI=1S/C6H5.CH2O2.K/c1-2-4-6-5-3-1;2-1-3;/h1-5H;1H,(H,2,3);/q-1;;+1. The number of carboxylic acid groups (broad SMARTS) is 1. The Kier molecular flexibility index (Phi) is 15.6. The fourth-order valence-corrected chi connectivity index (χ4v) is 0.342. The summed E-state index contributed by atoms with van der Waals surface area (Å²) in [5.41, 5.74) is 0. The van der Waals surface area contributed by atoms with Crippen molar-refractivity contribution in [3.63, 3.8) is 0 Å². The van der Waals surface area contributed by atoms with Gasteiger partial charge in [0.15, 0.2) is 0 Å². The molecule has 1 rings (SSSR count). The summed E-state index contributed by atoms with van der Waals surface area (Å²) in [6.07, 6.45) is 0. The van der Waals surface area contributed by atoms with Gasteiger partial charge in [-0.3, -0.25) is 4.79 Å². The van der Waals surface area contributed by atoms with E-state index in [9.17, 15) is 0 Å². The van der Waals surface area contributed by atoms with Crippen LogP contribution in [0.1, 0.15) is 0 Å². The second kappa shape index (κ2) is 12.0. The van der Waals surface area contributed by atoms with Crippen LogP contribution in [0.25, 0.3) is 0 Å². The SMILES string of the molecule is O=CO.[K+].[c-]1ccccc1. The number of hydrogen-bond acceptors (Lipinski definition) is 1. The van der Waals surface area contributed by atoms with Crippen molar-refractivity contribution in [2.75, 3.05) is 0 Å². The monoisotopic (exact) mass is 162 g/mol. The average Bonchev–Trinajstić information content (AvgIpc) is 1.93. The van der Waals surface area contributed by atoms with E-state index < -0.39 is 0 Å².